The summed E-state index contributed by atoms with van der Waals surface area (Å²) >= 11 is 0. The second-order valence-corrected chi connectivity index (χ2v) is 3.52. The monoisotopic (exact) mass is 208 g/mol. The molecule has 0 heterocycles. The Morgan fingerprint density at radius 1 is 1.47 bits per heavy atom. The van der Waals surface area contributed by atoms with Crippen molar-refractivity contribution in [2.24, 2.45) is 0 Å². The molecule has 1 aromatic rings. The third kappa shape index (κ3) is 1.96. The van der Waals surface area contributed by atoms with Gasteiger partial charge in [-0.1, -0.05) is 6.92 Å². The van der Waals surface area contributed by atoms with E-state index in [2.05, 4.69) is 0 Å². The van der Waals surface area contributed by atoms with Crippen molar-refractivity contribution in [3.05, 3.63) is 22.8 Å². The first-order chi connectivity index (χ1) is 7.02. The van der Waals surface area contributed by atoms with E-state index in [9.17, 15) is 9.90 Å². The van der Waals surface area contributed by atoms with Crippen molar-refractivity contribution in [3.8, 4) is 11.5 Å². The Labute approximate surface area is 89.7 Å². The fourth-order valence-corrected chi connectivity index (χ4v) is 1.48. The number of carbonyl (C=O) groups is 1. The molecule has 0 saturated heterocycles. The topological polar surface area (TPSA) is 46.5 Å². The lowest BCUT2D eigenvalue weighted by Gasteiger charge is -2.13. The lowest BCUT2D eigenvalue weighted by Crippen LogP contribution is -2.03. The molecular formula is C12H16O3. The average Bonchev–Trinajstić information content (AvgIpc) is 2.24. The molecule has 1 aromatic carbocycles. The van der Waals surface area contributed by atoms with Gasteiger partial charge in [0.15, 0.2) is 5.78 Å². The van der Waals surface area contributed by atoms with E-state index in [4.69, 9.17) is 4.74 Å². The number of phenols is 1. The number of carbonyl (C=O) groups excluding carboxylic acids is 1. The van der Waals surface area contributed by atoms with Crippen molar-refractivity contribution < 1.29 is 14.6 Å². The van der Waals surface area contributed by atoms with Crippen LogP contribution in [0.2, 0.25) is 0 Å². The van der Waals surface area contributed by atoms with Crippen LogP contribution in [0, 0.1) is 13.8 Å². The minimum absolute atomic E-state index is 0.0405. The highest BCUT2D eigenvalue weighted by Gasteiger charge is 2.18. The summed E-state index contributed by atoms with van der Waals surface area (Å²) in [6.07, 6.45) is 0.354. The molecule has 3 nitrogen and oxygen atoms in total. The number of phenolic OH excluding ortho intramolecular Hbond substituents is 1. The zero-order valence-corrected chi connectivity index (χ0v) is 9.55. The highest BCUT2D eigenvalue weighted by Crippen LogP contribution is 2.34. The molecule has 1 rings (SSSR count). The van der Waals surface area contributed by atoms with Gasteiger partial charge in [0.25, 0.3) is 0 Å². The molecule has 0 aliphatic heterocycles. The summed E-state index contributed by atoms with van der Waals surface area (Å²) in [6.45, 7) is 5.42. The first-order valence-corrected chi connectivity index (χ1v) is 4.93. The Balaban J connectivity index is 3.47. The molecule has 0 fully saturated rings. The van der Waals surface area contributed by atoms with E-state index in [1.807, 2.05) is 6.92 Å². The lowest BCUT2D eigenvalue weighted by atomic mass is 9.99. The van der Waals surface area contributed by atoms with Crippen molar-refractivity contribution in [1.82, 2.24) is 0 Å². The summed E-state index contributed by atoms with van der Waals surface area (Å²) in [5.74, 6) is 0.383. The molecule has 0 unspecified atom stereocenters. The number of ketones is 1. The van der Waals surface area contributed by atoms with Gasteiger partial charge in [0, 0.05) is 6.42 Å². The van der Waals surface area contributed by atoms with Gasteiger partial charge in [-0.05, 0) is 31.0 Å². The molecule has 15 heavy (non-hydrogen) atoms. The minimum atomic E-state index is -0.104. The molecule has 0 aliphatic rings. The van der Waals surface area contributed by atoms with E-state index in [0.29, 0.717) is 17.7 Å². The number of aromatic hydroxyl groups is 1. The molecule has 82 valence electrons. The summed E-state index contributed by atoms with van der Waals surface area (Å²) in [7, 11) is 1.50. The third-order valence-electron chi connectivity index (χ3n) is 2.60. The van der Waals surface area contributed by atoms with Crippen LogP contribution < -0.4 is 4.74 Å². The Bertz CT molecular complexity index is 394. The highest BCUT2D eigenvalue weighted by molar-refractivity contribution is 6.01. The quantitative estimate of drug-likeness (QED) is 0.777. The van der Waals surface area contributed by atoms with Crippen LogP contribution in [0.25, 0.3) is 0 Å². The second kappa shape index (κ2) is 4.34. The second-order valence-electron chi connectivity index (χ2n) is 3.52. The van der Waals surface area contributed by atoms with Crippen LogP contribution in [0.3, 0.4) is 0 Å². The molecule has 0 amide bonds. The van der Waals surface area contributed by atoms with Crippen LogP contribution in [-0.4, -0.2) is 18.0 Å². The van der Waals surface area contributed by atoms with Crippen molar-refractivity contribution in [2.75, 3.05) is 7.11 Å². The van der Waals surface area contributed by atoms with Crippen molar-refractivity contribution in [2.45, 2.75) is 27.2 Å². The number of ether oxygens (including phenoxy) is 1. The molecule has 0 spiro atoms. The van der Waals surface area contributed by atoms with Gasteiger partial charge in [-0.25, -0.2) is 0 Å². The molecule has 3 heteroatoms. The van der Waals surface area contributed by atoms with Crippen LogP contribution in [-0.2, 0) is 0 Å². The highest BCUT2D eigenvalue weighted by atomic mass is 16.5. The number of hydrogen-bond acceptors (Lipinski definition) is 3. The van der Waals surface area contributed by atoms with E-state index in [-0.39, 0.29) is 11.5 Å². The summed E-state index contributed by atoms with van der Waals surface area (Å²) in [6, 6.07) is 1.78. The fourth-order valence-electron chi connectivity index (χ4n) is 1.48. The number of hydrogen-bond donors (Lipinski definition) is 1. The summed E-state index contributed by atoms with van der Waals surface area (Å²) in [5.41, 5.74) is 1.94. The van der Waals surface area contributed by atoms with Gasteiger partial charge >= 0.3 is 0 Å². The number of aryl methyl sites for hydroxylation is 1. The average molecular weight is 208 g/mol. The Morgan fingerprint density at radius 3 is 2.53 bits per heavy atom. The standard InChI is InChI=1S/C12H16O3/c1-5-9(13)11-10(15-4)6-7(2)8(3)12(11)14/h6,14H,5H2,1-4H3. The minimum Gasteiger partial charge on any atom is -0.507 e. The van der Waals surface area contributed by atoms with E-state index in [0.717, 1.165) is 11.1 Å². The van der Waals surface area contributed by atoms with Crippen LogP contribution >= 0.6 is 0 Å². The summed E-state index contributed by atoms with van der Waals surface area (Å²) < 4.78 is 5.10. The molecular weight excluding hydrogens is 192 g/mol. The predicted octanol–water partition coefficient (Wildman–Crippen LogP) is 2.61. The normalized spacial score (nSPS) is 10.1. The van der Waals surface area contributed by atoms with E-state index < -0.39 is 0 Å². The zero-order valence-electron chi connectivity index (χ0n) is 9.55. The molecule has 0 atom stereocenters. The van der Waals surface area contributed by atoms with Gasteiger partial charge in [0.2, 0.25) is 0 Å². The van der Waals surface area contributed by atoms with Gasteiger partial charge < -0.3 is 9.84 Å². The number of methoxy groups -OCH3 is 1. The van der Waals surface area contributed by atoms with Gasteiger partial charge in [0.1, 0.15) is 17.1 Å². The molecule has 1 N–H and O–H groups in total. The molecule has 0 bridgehead atoms. The SMILES string of the molecule is CCC(=O)c1c(OC)cc(C)c(C)c1O. The van der Waals surface area contributed by atoms with Crippen LogP contribution in [0.5, 0.6) is 11.5 Å². The smallest absolute Gasteiger partial charge is 0.170 e. The maximum Gasteiger partial charge on any atom is 0.170 e. The Hall–Kier alpha value is -1.51. The third-order valence-corrected chi connectivity index (χ3v) is 2.60. The van der Waals surface area contributed by atoms with Crippen LogP contribution in [0.1, 0.15) is 34.8 Å². The largest absolute Gasteiger partial charge is 0.507 e. The maximum atomic E-state index is 11.6. The predicted molar refractivity (Wildman–Crippen MR) is 58.8 cm³/mol. The zero-order chi connectivity index (χ0) is 11.6. The first kappa shape index (κ1) is 11.6. The van der Waals surface area contributed by atoms with Gasteiger partial charge in [0.05, 0.1) is 7.11 Å². The van der Waals surface area contributed by atoms with Gasteiger partial charge in [-0.15, -0.1) is 0 Å². The maximum absolute atomic E-state index is 11.6. The number of Topliss-reactive ketones (excluding diaryl/α,β-unsaturated/α-hetero) is 1. The molecule has 0 aromatic heterocycles. The first-order valence-electron chi connectivity index (χ1n) is 4.93. The molecule has 0 aliphatic carbocycles. The summed E-state index contributed by atoms with van der Waals surface area (Å²) in [4.78, 5) is 11.6. The molecule has 0 radical (unpaired) electrons. The van der Waals surface area contributed by atoms with Crippen LogP contribution in [0.15, 0.2) is 6.07 Å². The van der Waals surface area contributed by atoms with Gasteiger partial charge in [-0.2, -0.15) is 0 Å². The lowest BCUT2D eigenvalue weighted by molar-refractivity contribution is 0.0982. The van der Waals surface area contributed by atoms with Crippen molar-refractivity contribution in [3.63, 3.8) is 0 Å². The Morgan fingerprint density at radius 2 is 2.07 bits per heavy atom. The van der Waals surface area contributed by atoms with Crippen LogP contribution in [0.4, 0.5) is 0 Å². The fraction of sp³-hybridized carbons (Fsp3) is 0.417. The van der Waals surface area contributed by atoms with E-state index in [1.54, 1.807) is 19.9 Å². The Kier molecular flexibility index (Phi) is 3.35. The van der Waals surface area contributed by atoms with Crippen molar-refractivity contribution >= 4 is 5.78 Å². The van der Waals surface area contributed by atoms with Crippen molar-refractivity contribution in [1.29, 1.82) is 0 Å². The number of rotatable bonds is 3. The summed E-state index contributed by atoms with van der Waals surface area (Å²) in [5, 5.41) is 9.89. The van der Waals surface area contributed by atoms with E-state index in [1.165, 1.54) is 7.11 Å². The number of benzene rings is 1. The molecule has 0 saturated carbocycles. The van der Waals surface area contributed by atoms with E-state index >= 15 is 0 Å². The van der Waals surface area contributed by atoms with Gasteiger partial charge in [-0.3, -0.25) is 4.79 Å².